The molecule has 0 bridgehead atoms. The lowest BCUT2D eigenvalue weighted by Gasteiger charge is -2.41. The zero-order chi connectivity index (χ0) is 24.0. The lowest BCUT2D eigenvalue weighted by Crippen LogP contribution is -2.47. The van der Waals surface area contributed by atoms with Gasteiger partial charge in [0.15, 0.2) is 0 Å². The van der Waals surface area contributed by atoms with E-state index in [1.54, 1.807) is 7.11 Å². The van der Waals surface area contributed by atoms with Crippen molar-refractivity contribution in [1.82, 2.24) is 10.0 Å². The van der Waals surface area contributed by atoms with Gasteiger partial charge in [-0.3, -0.25) is 0 Å². The van der Waals surface area contributed by atoms with E-state index >= 15 is 0 Å². The highest BCUT2D eigenvalue weighted by atomic mass is 32.2. The predicted molar refractivity (Wildman–Crippen MR) is 137 cm³/mol. The van der Waals surface area contributed by atoms with Crippen molar-refractivity contribution in [3.05, 3.63) is 90.0 Å². The molecule has 180 valence electrons. The maximum absolute atomic E-state index is 11.6. The number of rotatable bonds is 9. The summed E-state index contributed by atoms with van der Waals surface area (Å²) >= 11 is 0. The minimum Gasteiger partial charge on any atom is -0.497 e. The van der Waals surface area contributed by atoms with Gasteiger partial charge in [0.25, 0.3) is 10.2 Å². The van der Waals surface area contributed by atoms with Crippen molar-refractivity contribution in [1.29, 1.82) is 0 Å². The van der Waals surface area contributed by atoms with E-state index in [1.807, 2.05) is 24.3 Å². The molecule has 6 nitrogen and oxygen atoms in total. The SMILES string of the molecule is COc1cccc([C@]2(CNS(N)(=O)=O)CC[C@H](NCc3ccc(-c4ccccc4)cc3)CC2)c1. The number of ether oxygens (including phenoxy) is 1. The first-order chi connectivity index (χ1) is 16.4. The average Bonchev–Trinajstić information content (AvgIpc) is 2.87. The van der Waals surface area contributed by atoms with E-state index in [2.05, 4.69) is 64.6 Å². The molecule has 0 amide bonds. The van der Waals surface area contributed by atoms with Crippen LogP contribution in [0.15, 0.2) is 78.9 Å². The molecule has 34 heavy (non-hydrogen) atoms. The standard InChI is InChI=1S/C27H33N3O3S/c1-33-26-9-5-8-24(18-26)27(20-30-34(28,31)32)16-14-25(15-17-27)29-19-21-10-12-23(13-11-21)22-6-3-2-4-7-22/h2-13,18,25,29-30H,14-17,19-20H2,1H3,(H2,28,31,32)/t25-,27+. The highest BCUT2D eigenvalue weighted by Gasteiger charge is 2.37. The van der Waals surface area contributed by atoms with Crippen LogP contribution in [-0.2, 0) is 22.2 Å². The molecule has 0 aromatic heterocycles. The molecular formula is C27H33N3O3S. The Balaban J connectivity index is 1.39. The van der Waals surface area contributed by atoms with Gasteiger partial charge in [-0.2, -0.15) is 8.42 Å². The van der Waals surface area contributed by atoms with E-state index in [0.717, 1.165) is 43.5 Å². The van der Waals surface area contributed by atoms with Gasteiger partial charge < -0.3 is 10.1 Å². The number of hydrogen-bond donors (Lipinski definition) is 3. The summed E-state index contributed by atoms with van der Waals surface area (Å²) in [6.07, 6.45) is 3.61. The van der Waals surface area contributed by atoms with Crippen molar-refractivity contribution in [3.63, 3.8) is 0 Å². The van der Waals surface area contributed by atoms with Crippen molar-refractivity contribution >= 4 is 10.2 Å². The summed E-state index contributed by atoms with van der Waals surface area (Å²) in [5.74, 6) is 0.770. The Labute approximate surface area is 202 Å². The second-order valence-electron chi connectivity index (χ2n) is 9.10. The maximum atomic E-state index is 11.6. The summed E-state index contributed by atoms with van der Waals surface area (Å²) in [6, 6.07) is 27.4. The van der Waals surface area contributed by atoms with Gasteiger partial charge in [-0.15, -0.1) is 0 Å². The predicted octanol–water partition coefficient (Wildman–Crippen LogP) is 4.13. The second kappa shape index (κ2) is 10.7. The third-order valence-corrected chi connectivity index (χ3v) is 7.44. The number of benzene rings is 3. The van der Waals surface area contributed by atoms with E-state index in [4.69, 9.17) is 9.88 Å². The van der Waals surface area contributed by atoms with E-state index in [-0.39, 0.29) is 12.0 Å². The fourth-order valence-corrected chi connectivity index (χ4v) is 5.32. The van der Waals surface area contributed by atoms with Crippen LogP contribution in [0.2, 0.25) is 0 Å². The number of hydrogen-bond acceptors (Lipinski definition) is 4. The Hall–Kier alpha value is -2.71. The normalized spacial score (nSPS) is 20.7. The molecule has 1 saturated carbocycles. The smallest absolute Gasteiger partial charge is 0.274 e. The average molecular weight is 480 g/mol. The molecule has 0 unspecified atom stereocenters. The van der Waals surface area contributed by atoms with E-state index in [1.165, 1.54) is 16.7 Å². The van der Waals surface area contributed by atoms with Crippen LogP contribution >= 0.6 is 0 Å². The molecule has 3 aromatic carbocycles. The van der Waals surface area contributed by atoms with E-state index in [9.17, 15) is 8.42 Å². The molecule has 0 radical (unpaired) electrons. The van der Waals surface area contributed by atoms with E-state index < -0.39 is 10.2 Å². The third kappa shape index (κ3) is 6.24. The molecule has 4 N–H and O–H groups in total. The highest BCUT2D eigenvalue weighted by Crippen LogP contribution is 2.40. The fraction of sp³-hybridized carbons (Fsp3) is 0.333. The Morgan fingerprint density at radius 3 is 2.26 bits per heavy atom. The van der Waals surface area contributed by atoms with E-state index in [0.29, 0.717) is 6.04 Å². The zero-order valence-electron chi connectivity index (χ0n) is 19.5. The molecule has 0 spiro atoms. The van der Waals surface area contributed by atoms with Crippen LogP contribution in [0, 0.1) is 0 Å². The maximum Gasteiger partial charge on any atom is 0.274 e. The minimum atomic E-state index is -3.77. The van der Waals surface area contributed by atoms with Gasteiger partial charge in [0.05, 0.1) is 7.11 Å². The molecule has 0 atom stereocenters. The van der Waals surface area contributed by atoms with Crippen molar-refractivity contribution in [2.75, 3.05) is 13.7 Å². The molecule has 7 heteroatoms. The van der Waals surface area contributed by atoms with Gasteiger partial charge in [0.2, 0.25) is 0 Å². The summed E-state index contributed by atoms with van der Waals surface area (Å²) in [5.41, 5.74) is 4.46. The largest absolute Gasteiger partial charge is 0.497 e. The van der Waals surface area contributed by atoms with Gasteiger partial charge in [0, 0.05) is 24.5 Å². The molecule has 1 aliphatic carbocycles. The van der Waals surface area contributed by atoms with Crippen LogP contribution in [-0.4, -0.2) is 28.1 Å². The molecule has 3 aromatic rings. The van der Waals surface area contributed by atoms with Crippen LogP contribution in [0.3, 0.4) is 0 Å². The van der Waals surface area contributed by atoms with Crippen LogP contribution in [0.25, 0.3) is 11.1 Å². The van der Waals surface area contributed by atoms with Crippen molar-refractivity contribution in [2.24, 2.45) is 5.14 Å². The van der Waals surface area contributed by atoms with Gasteiger partial charge in [0.1, 0.15) is 5.75 Å². The highest BCUT2D eigenvalue weighted by molar-refractivity contribution is 7.87. The first kappa shape index (κ1) is 24.4. The zero-order valence-corrected chi connectivity index (χ0v) is 20.4. The van der Waals surface area contributed by atoms with Crippen molar-refractivity contribution in [2.45, 2.75) is 43.7 Å². The minimum absolute atomic E-state index is 0.284. The van der Waals surface area contributed by atoms with Gasteiger partial charge in [-0.05, 0) is 60.1 Å². The van der Waals surface area contributed by atoms with Crippen molar-refractivity contribution in [3.8, 4) is 16.9 Å². The van der Waals surface area contributed by atoms with Gasteiger partial charge in [-0.25, -0.2) is 9.86 Å². The molecule has 0 saturated heterocycles. The quantitative estimate of drug-likeness (QED) is 0.430. The molecule has 0 aliphatic heterocycles. The summed E-state index contributed by atoms with van der Waals surface area (Å²) in [7, 11) is -2.13. The molecular weight excluding hydrogens is 446 g/mol. The van der Waals surface area contributed by atoms with Crippen LogP contribution in [0.5, 0.6) is 5.75 Å². The Morgan fingerprint density at radius 1 is 0.941 bits per heavy atom. The molecule has 1 fully saturated rings. The lowest BCUT2D eigenvalue weighted by atomic mass is 9.68. The molecule has 4 rings (SSSR count). The first-order valence-electron chi connectivity index (χ1n) is 11.7. The fourth-order valence-electron chi connectivity index (χ4n) is 4.84. The van der Waals surface area contributed by atoms with Gasteiger partial charge >= 0.3 is 0 Å². The lowest BCUT2D eigenvalue weighted by molar-refractivity contribution is 0.245. The van der Waals surface area contributed by atoms with Gasteiger partial charge in [-0.1, -0.05) is 66.7 Å². The third-order valence-electron chi connectivity index (χ3n) is 6.89. The number of methoxy groups -OCH3 is 1. The van der Waals surface area contributed by atoms with Crippen LogP contribution < -0.4 is 19.9 Å². The summed E-state index contributed by atoms with van der Waals surface area (Å²) in [5, 5.41) is 8.95. The summed E-state index contributed by atoms with van der Waals surface area (Å²) in [4.78, 5) is 0. The Morgan fingerprint density at radius 2 is 1.62 bits per heavy atom. The summed E-state index contributed by atoms with van der Waals surface area (Å²) in [6.45, 7) is 1.09. The van der Waals surface area contributed by atoms with Crippen molar-refractivity contribution < 1.29 is 13.2 Å². The van der Waals surface area contributed by atoms with Crippen LogP contribution in [0.1, 0.15) is 36.8 Å². The Kier molecular flexibility index (Phi) is 7.68. The second-order valence-corrected chi connectivity index (χ2v) is 10.5. The number of nitrogens with two attached hydrogens (primary N) is 1. The molecule has 0 heterocycles. The monoisotopic (exact) mass is 479 g/mol. The van der Waals surface area contributed by atoms with Crippen LogP contribution in [0.4, 0.5) is 0 Å². The topological polar surface area (TPSA) is 93.4 Å². The summed E-state index contributed by atoms with van der Waals surface area (Å²) < 4.78 is 31.2. The molecule has 1 aliphatic rings. The first-order valence-corrected chi connectivity index (χ1v) is 13.2. The Bertz CT molecular complexity index is 1170. The number of nitrogens with one attached hydrogen (secondary N) is 2.